The first-order chi connectivity index (χ1) is 7.32. The van der Waals surface area contributed by atoms with Gasteiger partial charge < -0.3 is 16.2 Å². The van der Waals surface area contributed by atoms with E-state index in [0.29, 0.717) is 0 Å². The number of nitrogens with two attached hydrogens (primary N) is 1. The molecule has 0 aliphatic heterocycles. The number of hydrogen-bond acceptors (Lipinski definition) is 3. The van der Waals surface area contributed by atoms with Gasteiger partial charge in [0.2, 0.25) is 5.91 Å². The second kappa shape index (κ2) is 5.15. The zero-order chi connectivity index (χ0) is 12.3. The van der Waals surface area contributed by atoms with Crippen molar-refractivity contribution in [1.29, 1.82) is 0 Å². The van der Waals surface area contributed by atoms with E-state index in [1.54, 1.807) is 0 Å². The van der Waals surface area contributed by atoms with E-state index in [-0.39, 0.29) is 17.4 Å². The minimum absolute atomic E-state index is 0.116. The van der Waals surface area contributed by atoms with Crippen LogP contribution in [0.25, 0.3) is 0 Å². The van der Waals surface area contributed by atoms with Gasteiger partial charge in [-0.25, -0.2) is 0 Å². The summed E-state index contributed by atoms with van der Waals surface area (Å²) in [5.41, 5.74) is 5.62. The first kappa shape index (κ1) is 13.5. The standard InChI is InChI=1S/C12H24N2O2/c1-12(2,3)10(13)11(16)14-8-6-4-5-7-9(8)15/h8-10,15H,4-7,13H2,1-3H3,(H,14,16)/t8?,9?,10-/m0/s1. The summed E-state index contributed by atoms with van der Waals surface area (Å²) in [7, 11) is 0. The maximum atomic E-state index is 11.9. The van der Waals surface area contributed by atoms with E-state index in [1.165, 1.54) is 0 Å². The maximum absolute atomic E-state index is 11.9. The number of carbonyl (C=O) groups excluding carboxylic acids is 1. The number of hydrogen-bond donors (Lipinski definition) is 3. The highest BCUT2D eigenvalue weighted by Crippen LogP contribution is 2.21. The van der Waals surface area contributed by atoms with Crippen LogP contribution in [0.15, 0.2) is 0 Å². The molecule has 1 aliphatic rings. The van der Waals surface area contributed by atoms with Crippen molar-refractivity contribution in [1.82, 2.24) is 5.32 Å². The van der Waals surface area contributed by atoms with Gasteiger partial charge in [-0.15, -0.1) is 0 Å². The zero-order valence-electron chi connectivity index (χ0n) is 10.5. The Bertz CT molecular complexity index is 248. The van der Waals surface area contributed by atoms with Gasteiger partial charge in [0.25, 0.3) is 0 Å². The average molecular weight is 228 g/mol. The molecule has 4 nitrogen and oxygen atoms in total. The lowest BCUT2D eigenvalue weighted by Gasteiger charge is -2.32. The minimum Gasteiger partial charge on any atom is -0.391 e. The number of aliphatic hydroxyl groups is 1. The van der Waals surface area contributed by atoms with Crippen LogP contribution in [0.1, 0.15) is 46.5 Å². The molecule has 1 rings (SSSR count). The maximum Gasteiger partial charge on any atom is 0.237 e. The summed E-state index contributed by atoms with van der Waals surface area (Å²) in [5, 5.41) is 12.6. The van der Waals surface area contributed by atoms with Crippen LogP contribution >= 0.6 is 0 Å². The molecule has 0 aromatic heterocycles. The molecule has 4 N–H and O–H groups in total. The molecule has 0 heterocycles. The number of amides is 1. The third-order valence-corrected chi connectivity index (χ3v) is 3.27. The molecule has 94 valence electrons. The highest BCUT2D eigenvalue weighted by molar-refractivity contribution is 5.82. The lowest BCUT2D eigenvalue weighted by Crippen LogP contribution is -2.54. The molecule has 1 fully saturated rings. The van der Waals surface area contributed by atoms with Crippen molar-refractivity contribution < 1.29 is 9.90 Å². The van der Waals surface area contributed by atoms with Crippen molar-refractivity contribution in [3.8, 4) is 0 Å². The fraction of sp³-hybridized carbons (Fsp3) is 0.917. The van der Waals surface area contributed by atoms with Gasteiger partial charge in [0, 0.05) is 0 Å². The molecule has 16 heavy (non-hydrogen) atoms. The summed E-state index contributed by atoms with van der Waals surface area (Å²) in [5.74, 6) is -0.154. The summed E-state index contributed by atoms with van der Waals surface area (Å²) in [6.45, 7) is 5.82. The smallest absolute Gasteiger partial charge is 0.237 e. The Morgan fingerprint density at radius 1 is 1.38 bits per heavy atom. The van der Waals surface area contributed by atoms with Gasteiger partial charge in [-0.1, -0.05) is 33.6 Å². The Labute approximate surface area is 97.6 Å². The Morgan fingerprint density at radius 2 is 1.94 bits per heavy atom. The van der Waals surface area contributed by atoms with E-state index in [2.05, 4.69) is 5.32 Å². The van der Waals surface area contributed by atoms with Crippen LogP contribution in [0.5, 0.6) is 0 Å². The summed E-state index contributed by atoms with van der Waals surface area (Å²) < 4.78 is 0. The third kappa shape index (κ3) is 3.46. The quantitative estimate of drug-likeness (QED) is 0.654. The monoisotopic (exact) mass is 228 g/mol. The Morgan fingerprint density at radius 3 is 2.44 bits per heavy atom. The first-order valence-corrected chi connectivity index (χ1v) is 6.06. The molecule has 0 bridgehead atoms. The number of aliphatic hydroxyl groups excluding tert-OH is 1. The van der Waals surface area contributed by atoms with Crippen LogP contribution in [-0.4, -0.2) is 29.2 Å². The zero-order valence-corrected chi connectivity index (χ0v) is 10.5. The highest BCUT2D eigenvalue weighted by Gasteiger charge is 2.31. The van der Waals surface area contributed by atoms with Crippen molar-refractivity contribution >= 4 is 5.91 Å². The van der Waals surface area contributed by atoms with Crippen LogP contribution in [0.3, 0.4) is 0 Å². The number of carbonyl (C=O) groups is 1. The van der Waals surface area contributed by atoms with Gasteiger partial charge in [-0.05, 0) is 18.3 Å². The van der Waals surface area contributed by atoms with Gasteiger partial charge in [0.05, 0.1) is 18.2 Å². The van der Waals surface area contributed by atoms with E-state index in [9.17, 15) is 9.90 Å². The summed E-state index contributed by atoms with van der Waals surface area (Å²) in [6, 6.07) is -0.642. The van der Waals surface area contributed by atoms with Gasteiger partial charge in [-0.3, -0.25) is 4.79 Å². The molecule has 0 aromatic rings. The topological polar surface area (TPSA) is 75.4 Å². The molecule has 0 saturated heterocycles. The van der Waals surface area contributed by atoms with Crippen molar-refractivity contribution in [3.05, 3.63) is 0 Å². The van der Waals surface area contributed by atoms with Crippen LogP contribution < -0.4 is 11.1 Å². The highest BCUT2D eigenvalue weighted by atomic mass is 16.3. The Hall–Kier alpha value is -0.610. The van der Waals surface area contributed by atoms with E-state index in [0.717, 1.165) is 25.7 Å². The summed E-state index contributed by atoms with van der Waals surface area (Å²) in [4.78, 5) is 11.9. The second-order valence-corrected chi connectivity index (χ2v) is 5.81. The molecule has 0 radical (unpaired) electrons. The molecule has 3 atom stereocenters. The first-order valence-electron chi connectivity index (χ1n) is 6.06. The molecule has 4 heteroatoms. The number of nitrogens with one attached hydrogen (secondary N) is 1. The van der Waals surface area contributed by atoms with E-state index >= 15 is 0 Å². The lowest BCUT2D eigenvalue weighted by atomic mass is 9.86. The van der Waals surface area contributed by atoms with Crippen molar-refractivity contribution in [3.63, 3.8) is 0 Å². The Kier molecular flexibility index (Phi) is 4.33. The minimum atomic E-state index is -0.526. The van der Waals surface area contributed by atoms with Crippen molar-refractivity contribution in [2.45, 2.75) is 64.6 Å². The third-order valence-electron chi connectivity index (χ3n) is 3.27. The molecule has 2 unspecified atom stereocenters. The van der Waals surface area contributed by atoms with Gasteiger partial charge in [0.15, 0.2) is 0 Å². The second-order valence-electron chi connectivity index (χ2n) is 5.81. The van der Waals surface area contributed by atoms with Gasteiger partial charge >= 0.3 is 0 Å². The predicted octanol–water partition coefficient (Wildman–Crippen LogP) is 0.779. The van der Waals surface area contributed by atoms with Crippen LogP contribution in [-0.2, 0) is 4.79 Å². The number of rotatable bonds is 2. The summed E-state index contributed by atoms with van der Waals surface area (Å²) >= 11 is 0. The van der Waals surface area contributed by atoms with Gasteiger partial charge in [-0.2, -0.15) is 0 Å². The van der Waals surface area contributed by atoms with Gasteiger partial charge in [0.1, 0.15) is 0 Å². The summed E-state index contributed by atoms with van der Waals surface area (Å²) in [6.07, 6.45) is 3.32. The van der Waals surface area contributed by atoms with Crippen LogP contribution in [0, 0.1) is 5.41 Å². The average Bonchev–Trinajstić information content (AvgIpc) is 2.19. The predicted molar refractivity (Wildman–Crippen MR) is 63.8 cm³/mol. The normalized spacial score (nSPS) is 28.6. The molecule has 0 spiro atoms. The van der Waals surface area contributed by atoms with E-state index in [1.807, 2.05) is 20.8 Å². The van der Waals surface area contributed by atoms with Crippen LogP contribution in [0.4, 0.5) is 0 Å². The molecule has 1 aliphatic carbocycles. The van der Waals surface area contributed by atoms with Crippen LogP contribution in [0.2, 0.25) is 0 Å². The van der Waals surface area contributed by atoms with Crippen molar-refractivity contribution in [2.75, 3.05) is 0 Å². The van der Waals surface area contributed by atoms with Crippen molar-refractivity contribution in [2.24, 2.45) is 11.1 Å². The fourth-order valence-electron chi connectivity index (χ4n) is 1.95. The SMILES string of the molecule is CC(C)(C)[C@@H](N)C(=O)NC1CCCCC1O. The Balaban J connectivity index is 2.50. The molecule has 1 saturated carbocycles. The van der Waals surface area contributed by atoms with E-state index < -0.39 is 12.1 Å². The molecule has 1 amide bonds. The molecular formula is C12H24N2O2. The largest absolute Gasteiger partial charge is 0.391 e. The lowest BCUT2D eigenvalue weighted by molar-refractivity contribution is -0.126. The molecular weight excluding hydrogens is 204 g/mol. The fourth-order valence-corrected chi connectivity index (χ4v) is 1.95. The molecule has 0 aromatic carbocycles. The van der Waals surface area contributed by atoms with E-state index in [4.69, 9.17) is 5.73 Å².